The molecule has 0 radical (unpaired) electrons. The van der Waals surface area contributed by atoms with E-state index in [1.807, 2.05) is 0 Å². The summed E-state index contributed by atoms with van der Waals surface area (Å²) in [6, 6.07) is 0. The Labute approximate surface area is 62.6 Å². The minimum atomic E-state index is -3.81. The Balaban J connectivity index is 2.92. The predicted octanol–water partition coefficient (Wildman–Crippen LogP) is 2.93. The molecule has 2 unspecified atom stereocenters. The number of halogens is 4. The van der Waals surface area contributed by atoms with Crippen molar-refractivity contribution in [2.45, 2.75) is 32.1 Å². The van der Waals surface area contributed by atoms with Gasteiger partial charge in [0.2, 0.25) is 0 Å². The Bertz CT molecular complexity index is 164. The van der Waals surface area contributed by atoms with E-state index in [1.165, 1.54) is 13.8 Å². The lowest BCUT2D eigenvalue weighted by Crippen LogP contribution is -2.38. The van der Waals surface area contributed by atoms with Crippen molar-refractivity contribution in [3.8, 4) is 0 Å². The molecule has 0 aromatic heterocycles. The van der Waals surface area contributed by atoms with Gasteiger partial charge in [-0.2, -0.15) is 17.6 Å². The summed E-state index contributed by atoms with van der Waals surface area (Å²) in [7, 11) is 0. The maximum Gasteiger partial charge on any atom is 0.312 e. The minimum Gasteiger partial charge on any atom is -0.200 e. The van der Waals surface area contributed by atoms with Crippen LogP contribution in [0.2, 0.25) is 0 Å². The average Bonchev–Trinajstić information content (AvgIpc) is 1.93. The third-order valence-corrected chi connectivity index (χ3v) is 2.49. The van der Waals surface area contributed by atoms with Crippen LogP contribution in [0, 0.1) is 11.8 Å². The van der Waals surface area contributed by atoms with Crippen molar-refractivity contribution in [2.75, 3.05) is 0 Å². The van der Waals surface area contributed by atoms with Crippen LogP contribution in [-0.2, 0) is 0 Å². The molecule has 0 amide bonds. The number of rotatable bonds is 0. The highest BCUT2D eigenvalue weighted by Gasteiger charge is 2.66. The van der Waals surface area contributed by atoms with Gasteiger partial charge in [-0.15, -0.1) is 0 Å². The van der Waals surface area contributed by atoms with Crippen molar-refractivity contribution in [1.82, 2.24) is 0 Å². The summed E-state index contributed by atoms with van der Waals surface area (Å²) < 4.78 is 50.2. The smallest absolute Gasteiger partial charge is 0.200 e. The summed E-state index contributed by atoms with van der Waals surface area (Å²) in [5.41, 5.74) is 0. The van der Waals surface area contributed by atoms with Gasteiger partial charge in [-0.3, -0.25) is 0 Å². The second-order valence-corrected chi connectivity index (χ2v) is 3.30. The number of hydrogen-bond donors (Lipinski definition) is 0. The number of alkyl halides is 4. The molecule has 66 valence electrons. The van der Waals surface area contributed by atoms with Gasteiger partial charge >= 0.3 is 11.8 Å². The van der Waals surface area contributed by atoms with E-state index in [1.54, 1.807) is 0 Å². The molecule has 1 rings (SSSR count). The van der Waals surface area contributed by atoms with Crippen molar-refractivity contribution in [3.63, 3.8) is 0 Å². The molecule has 2 atom stereocenters. The monoisotopic (exact) mass is 170 g/mol. The fraction of sp³-hybridized carbons (Fsp3) is 1.00. The molecular weight excluding hydrogens is 160 g/mol. The van der Waals surface area contributed by atoms with E-state index < -0.39 is 30.1 Å². The fourth-order valence-electron chi connectivity index (χ4n) is 1.41. The molecule has 1 aliphatic carbocycles. The van der Waals surface area contributed by atoms with Crippen molar-refractivity contribution in [3.05, 3.63) is 0 Å². The van der Waals surface area contributed by atoms with Gasteiger partial charge in [0.15, 0.2) is 0 Å². The summed E-state index contributed by atoms with van der Waals surface area (Å²) >= 11 is 0. The van der Waals surface area contributed by atoms with Crippen LogP contribution in [0.25, 0.3) is 0 Å². The molecule has 0 spiro atoms. The molecule has 0 aromatic carbocycles. The highest BCUT2D eigenvalue weighted by atomic mass is 19.3. The van der Waals surface area contributed by atoms with E-state index in [9.17, 15) is 17.6 Å². The summed E-state index contributed by atoms with van der Waals surface area (Å²) in [6.45, 7) is 2.60. The lowest BCUT2D eigenvalue weighted by atomic mass is 9.99. The van der Waals surface area contributed by atoms with Gasteiger partial charge in [0.05, 0.1) is 0 Å². The van der Waals surface area contributed by atoms with Crippen LogP contribution in [0.15, 0.2) is 0 Å². The van der Waals surface area contributed by atoms with Gasteiger partial charge in [-0.05, 0) is 5.92 Å². The lowest BCUT2D eigenvalue weighted by Gasteiger charge is -2.21. The van der Waals surface area contributed by atoms with Gasteiger partial charge in [0, 0.05) is 12.3 Å². The Morgan fingerprint density at radius 3 is 1.64 bits per heavy atom. The van der Waals surface area contributed by atoms with Crippen molar-refractivity contribution in [1.29, 1.82) is 0 Å². The first-order valence-electron chi connectivity index (χ1n) is 3.54. The molecule has 0 saturated heterocycles. The summed E-state index contributed by atoms with van der Waals surface area (Å²) in [5.74, 6) is -9.42. The van der Waals surface area contributed by atoms with Crippen LogP contribution >= 0.6 is 0 Å². The Morgan fingerprint density at radius 1 is 1.09 bits per heavy atom. The largest absolute Gasteiger partial charge is 0.312 e. The molecule has 4 heteroatoms. The highest BCUT2D eigenvalue weighted by molar-refractivity contribution is 4.99. The Kier molecular flexibility index (Phi) is 1.69. The predicted molar refractivity (Wildman–Crippen MR) is 32.8 cm³/mol. The topological polar surface area (TPSA) is 0 Å². The van der Waals surface area contributed by atoms with Crippen LogP contribution < -0.4 is 0 Å². The standard InChI is InChI=1S/C7H10F4/c1-4-3-6(8,9)7(10,11)5(4)2/h4-5H,3H2,1-2H3. The summed E-state index contributed by atoms with van der Waals surface area (Å²) in [6.07, 6.45) is -0.693. The van der Waals surface area contributed by atoms with Crippen molar-refractivity contribution in [2.24, 2.45) is 11.8 Å². The van der Waals surface area contributed by atoms with Crippen LogP contribution in [0.5, 0.6) is 0 Å². The molecule has 1 saturated carbocycles. The molecule has 0 aliphatic heterocycles. The molecule has 11 heavy (non-hydrogen) atoms. The summed E-state index contributed by atoms with van der Waals surface area (Å²) in [4.78, 5) is 0. The van der Waals surface area contributed by atoms with Crippen LogP contribution in [0.4, 0.5) is 17.6 Å². The third kappa shape index (κ3) is 1.03. The van der Waals surface area contributed by atoms with Gasteiger partial charge < -0.3 is 0 Å². The fourth-order valence-corrected chi connectivity index (χ4v) is 1.41. The van der Waals surface area contributed by atoms with E-state index in [-0.39, 0.29) is 0 Å². The molecule has 0 bridgehead atoms. The van der Waals surface area contributed by atoms with Crippen molar-refractivity contribution < 1.29 is 17.6 Å². The molecule has 0 nitrogen and oxygen atoms in total. The number of hydrogen-bond acceptors (Lipinski definition) is 0. The maximum atomic E-state index is 12.6. The van der Waals surface area contributed by atoms with Crippen LogP contribution in [-0.4, -0.2) is 11.8 Å². The van der Waals surface area contributed by atoms with Gasteiger partial charge in [-0.25, -0.2) is 0 Å². The first kappa shape index (κ1) is 8.81. The quantitative estimate of drug-likeness (QED) is 0.490. The molecule has 0 N–H and O–H groups in total. The Hall–Kier alpha value is -0.280. The zero-order chi connectivity index (χ0) is 8.86. The highest BCUT2D eigenvalue weighted by Crippen LogP contribution is 2.53. The molecule has 0 aromatic rings. The van der Waals surface area contributed by atoms with Crippen LogP contribution in [0.1, 0.15) is 20.3 Å². The lowest BCUT2D eigenvalue weighted by molar-refractivity contribution is -0.202. The van der Waals surface area contributed by atoms with Gasteiger partial charge in [-0.1, -0.05) is 13.8 Å². The SMILES string of the molecule is CC1CC(F)(F)C(F)(F)C1C. The van der Waals surface area contributed by atoms with Gasteiger partial charge in [0.25, 0.3) is 0 Å². The first-order valence-corrected chi connectivity index (χ1v) is 3.54. The second kappa shape index (κ2) is 2.11. The minimum absolute atomic E-state index is 0.597. The van der Waals surface area contributed by atoms with E-state index in [0.717, 1.165) is 0 Å². The average molecular weight is 170 g/mol. The molecule has 0 heterocycles. The van der Waals surface area contributed by atoms with Crippen LogP contribution in [0.3, 0.4) is 0 Å². The van der Waals surface area contributed by atoms with Crippen molar-refractivity contribution >= 4 is 0 Å². The normalized spacial score (nSPS) is 40.9. The Morgan fingerprint density at radius 2 is 1.55 bits per heavy atom. The molecule has 1 aliphatic rings. The zero-order valence-electron chi connectivity index (χ0n) is 6.37. The second-order valence-electron chi connectivity index (χ2n) is 3.30. The van der Waals surface area contributed by atoms with Gasteiger partial charge in [0.1, 0.15) is 0 Å². The molecular formula is C7H10F4. The van der Waals surface area contributed by atoms with E-state index in [4.69, 9.17) is 0 Å². The summed E-state index contributed by atoms with van der Waals surface area (Å²) in [5, 5.41) is 0. The van der Waals surface area contributed by atoms with E-state index in [2.05, 4.69) is 0 Å². The van der Waals surface area contributed by atoms with E-state index >= 15 is 0 Å². The third-order valence-electron chi connectivity index (χ3n) is 2.49. The first-order chi connectivity index (χ1) is 4.79. The molecule has 1 fully saturated rings. The van der Waals surface area contributed by atoms with E-state index in [0.29, 0.717) is 0 Å². The maximum absolute atomic E-state index is 12.6. The zero-order valence-corrected chi connectivity index (χ0v) is 6.37.